The molecule has 0 spiro atoms. The van der Waals surface area contributed by atoms with Crippen molar-refractivity contribution in [3.8, 4) is 11.4 Å². The Morgan fingerprint density at radius 2 is 1.81 bits per heavy atom. The number of aryl methyl sites for hydroxylation is 1. The normalized spacial score (nSPS) is 14.6. The third kappa shape index (κ3) is 4.39. The Kier molecular flexibility index (Phi) is 5.76. The molecular weight excluding hydrogens is 408 g/mol. The average Bonchev–Trinajstić information content (AvgIpc) is 3.29. The minimum atomic E-state index is -0.634. The molecule has 0 saturated carbocycles. The van der Waals surface area contributed by atoms with Crippen LogP contribution < -0.4 is 15.4 Å². The van der Waals surface area contributed by atoms with E-state index in [4.69, 9.17) is 4.74 Å². The number of carbonyl (C=O) groups excluding carboxylic acids is 3. The summed E-state index contributed by atoms with van der Waals surface area (Å²) in [5.74, 6) is -0.376. The third-order valence-electron chi connectivity index (χ3n) is 5.02. The van der Waals surface area contributed by atoms with Crippen LogP contribution in [0.2, 0.25) is 0 Å². The molecule has 4 rings (SSSR count). The monoisotopic (exact) mass is 430 g/mol. The lowest BCUT2D eigenvalue weighted by molar-refractivity contribution is -0.127. The number of nitrogens with zero attached hydrogens (tertiary/aromatic N) is 2. The molecule has 1 saturated heterocycles. The first-order valence-corrected chi connectivity index (χ1v) is 9.97. The second-order valence-corrected chi connectivity index (χ2v) is 7.28. The quantitative estimate of drug-likeness (QED) is 0.464. The molecule has 8 nitrogen and oxygen atoms in total. The van der Waals surface area contributed by atoms with E-state index in [1.807, 2.05) is 54.1 Å². The summed E-state index contributed by atoms with van der Waals surface area (Å²) in [6.07, 6.45) is 3.49. The van der Waals surface area contributed by atoms with Gasteiger partial charge in [-0.05, 0) is 61.0 Å². The number of methoxy groups -OCH3 is 1. The molecule has 162 valence electrons. The van der Waals surface area contributed by atoms with Gasteiger partial charge in [-0.2, -0.15) is 0 Å². The van der Waals surface area contributed by atoms with Crippen LogP contribution in [0.25, 0.3) is 11.8 Å². The Labute approximate surface area is 185 Å². The van der Waals surface area contributed by atoms with Gasteiger partial charge in [0.05, 0.1) is 7.11 Å². The van der Waals surface area contributed by atoms with Crippen LogP contribution in [0.1, 0.15) is 11.3 Å². The summed E-state index contributed by atoms with van der Waals surface area (Å²) in [7, 11) is 1.55. The van der Waals surface area contributed by atoms with Crippen LogP contribution >= 0.6 is 0 Å². The molecule has 3 aromatic rings. The van der Waals surface area contributed by atoms with Gasteiger partial charge in [-0.1, -0.05) is 18.2 Å². The molecule has 0 bridgehead atoms. The number of ether oxygens (including phenoxy) is 1. The standard InChI is InChI=1S/C24H22N4O4/c1-16-12-17(14-27(16)19-6-4-3-5-7-19)13-21-23(30)28(24(31)26-21)15-22(29)25-18-8-10-20(32-2)11-9-18/h3-14H,15H2,1-2H3,(H,25,29)(H,26,31)/b21-13+. The Morgan fingerprint density at radius 3 is 2.50 bits per heavy atom. The fourth-order valence-corrected chi connectivity index (χ4v) is 3.44. The number of amides is 4. The Balaban J connectivity index is 1.45. The molecule has 1 aromatic heterocycles. The summed E-state index contributed by atoms with van der Waals surface area (Å²) in [6, 6.07) is 17.8. The maximum atomic E-state index is 12.7. The van der Waals surface area contributed by atoms with Gasteiger partial charge in [-0.3, -0.25) is 9.59 Å². The summed E-state index contributed by atoms with van der Waals surface area (Å²) in [5.41, 5.74) is 3.40. The Bertz CT molecular complexity index is 1200. The van der Waals surface area contributed by atoms with Gasteiger partial charge in [0.15, 0.2) is 0 Å². The Hall–Kier alpha value is -4.33. The van der Waals surface area contributed by atoms with Gasteiger partial charge >= 0.3 is 6.03 Å². The van der Waals surface area contributed by atoms with Gasteiger partial charge in [-0.25, -0.2) is 9.69 Å². The topological polar surface area (TPSA) is 92.7 Å². The van der Waals surface area contributed by atoms with Crippen molar-refractivity contribution in [3.05, 3.63) is 83.8 Å². The number of aromatic nitrogens is 1. The zero-order valence-corrected chi connectivity index (χ0v) is 17.7. The van der Waals surface area contributed by atoms with E-state index in [2.05, 4.69) is 10.6 Å². The number of rotatable bonds is 6. The molecule has 1 fully saturated rings. The molecule has 32 heavy (non-hydrogen) atoms. The SMILES string of the molecule is COc1ccc(NC(=O)CN2C(=O)N/C(=C/c3cc(C)n(-c4ccccc4)c3)C2=O)cc1. The van der Waals surface area contributed by atoms with E-state index < -0.39 is 24.4 Å². The van der Waals surface area contributed by atoms with Crippen molar-refractivity contribution in [2.45, 2.75) is 6.92 Å². The van der Waals surface area contributed by atoms with Gasteiger partial charge < -0.3 is 19.9 Å². The van der Waals surface area contributed by atoms with Gasteiger partial charge in [-0.15, -0.1) is 0 Å². The van der Waals surface area contributed by atoms with E-state index in [-0.39, 0.29) is 5.70 Å². The first kappa shape index (κ1) is 20.9. The molecule has 2 heterocycles. The predicted octanol–water partition coefficient (Wildman–Crippen LogP) is 3.33. The first-order chi connectivity index (χ1) is 15.4. The van der Waals surface area contributed by atoms with Crippen LogP contribution in [0, 0.1) is 6.92 Å². The second-order valence-electron chi connectivity index (χ2n) is 7.28. The maximum absolute atomic E-state index is 12.7. The number of carbonyl (C=O) groups is 3. The lowest BCUT2D eigenvalue weighted by Crippen LogP contribution is -2.38. The van der Waals surface area contributed by atoms with Gasteiger partial charge in [0.1, 0.15) is 18.0 Å². The highest BCUT2D eigenvalue weighted by atomic mass is 16.5. The summed E-state index contributed by atoms with van der Waals surface area (Å²) in [4.78, 5) is 38.3. The highest BCUT2D eigenvalue weighted by molar-refractivity contribution is 6.15. The number of hydrogen-bond acceptors (Lipinski definition) is 4. The first-order valence-electron chi connectivity index (χ1n) is 9.97. The minimum absolute atomic E-state index is 0.123. The minimum Gasteiger partial charge on any atom is -0.497 e. The van der Waals surface area contributed by atoms with E-state index in [1.54, 1.807) is 37.5 Å². The van der Waals surface area contributed by atoms with Gasteiger partial charge in [0.25, 0.3) is 5.91 Å². The van der Waals surface area contributed by atoms with Crippen molar-refractivity contribution in [1.29, 1.82) is 0 Å². The van der Waals surface area contributed by atoms with Gasteiger partial charge in [0.2, 0.25) is 5.91 Å². The molecule has 0 aliphatic carbocycles. The van der Waals surface area contributed by atoms with Crippen LogP contribution in [-0.4, -0.2) is 41.0 Å². The van der Waals surface area contributed by atoms with Crippen molar-refractivity contribution in [1.82, 2.24) is 14.8 Å². The number of para-hydroxylation sites is 1. The summed E-state index contributed by atoms with van der Waals surface area (Å²) in [5, 5.41) is 5.21. The smallest absolute Gasteiger partial charge is 0.329 e. The van der Waals surface area contributed by atoms with Crippen LogP contribution in [0.15, 0.2) is 72.6 Å². The van der Waals surface area contributed by atoms with Crippen molar-refractivity contribution >= 4 is 29.6 Å². The number of urea groups is 1. The molecule has 1 aliphatic rings. The lowest BCUT2D eigenvalue weighted by atomic mass is 10.2. The predicted molar refractivity (Wildman–Crippen MR) is 120 cm³/mol. The molecule has 0 radical (unpaired) electrons. The van der Waals surface area contributed by atoms with Gasteiger partial charge in [0, 0.05) is 23.3 Å². The molecule has 1 aliphatic heterocycles. The van der Waals surface area contributed by atoms with E-state index in [0.717, 1.165) is 21.8 Å². The van der Waals surface area contributed by atoms with Crippen LogP contribution in [0.4, 0.5) is 10.5 Å². The zero-order chi connectivity index (χ0) is 22.7. The number of nitrogens with one attached hydrogen (secondary N) is 2. The van der Waals surface area contributed by atoms with E-state index in [1.165, 1.54) is 0 Å². The maximum Gasteiger partial charge on any atom is 0.329 e. The highest BCUT2D eigenvalue weighted by Gasteiger charge is 2.35. The number of hydrogen-bond donors (Lipinski definition) is 2. The Morgan fingerprint density at radius 1 is 1.09 bits per heavy atom. The molecule has 0 atom stereocenters. The van der Waals surface area contributed by atoms with Crippen molar-refractivity contribution in [2.75, 3.05) is 19.0 Å². The lowest BCUT2D eigenvalue weighted by Gasteiger charge is -2.12. The number of benzene rings is 2. The molecule has 8 heteroatoms. The second kappa shape index (κ2) is 8.81. The van der Waals surface area contributed by atoms with Crippen LogP contribution in [-0.2, 0) is 9.59 Å². The zero-order valence-electron chi connectivity index (χ0n) is 17.7. The summed E-state index contributed by atoms with van der Waals surface area (Å²) < 4.78 is 7.07. The third-order valence-corrected chi connectivity index (χ3v) is 5.02. The molecule has 2 N–H and O–H groups in total. The van der Waals surface area contributed by atoms with Crippen molar-refractivity contribution in [3.63, 3.8) is 0 Å². The van der Waals surface area contributed by atoms with Crippen LogP contribution in [0.5, 0.6) is 5.75 Å². The summed E-state index contributed by atoms with van der Waals surface area (Å²) >= 11 is 0. The fourth-order valence-electron chi connectivity index (χ4n) is 3.44. The molecular formula is C24H22N4O4. The van der Waals surface area contributed by atoms with E-state index in [9.17, 15) is 14.4 Å². The van der Waals surface area contributed by atoms with E-state index in [0.29, 0.717) is 11.4 Å². The average molecular weight is 430 g/mol. The number of imide groups is 1. The fraction of sp³-hybridized carbons (Fsp3) is 0.125. The van der Waals surface area contributed by atoms with Crippen LogP contribution in [0.3, 0.4) is 0 Å². The molecule has 2 aromatic carbocycles. The molecule has 0 unspecified atom stereocenters. The van der Waals surface area contributed by atoms with Crippen molar-refractivity contribution < 1.29 is 19.1 Å². The van der Waals surface area contributed by atoms with E-state index >= 15 is 0 Å². The molecule has 4 amide bonds. The number of anilines is 1. The summed E-state index contributed by atoms with van der Waals surface area (Å²) in [6.45, 7) is 1.57. The van der Waals surface area contributed by atoms with Crippen molar-refractivity contribution in [2.24, 2.45) is 0 Å². The largest absolute Gasteiger partial charge is 0.497 e. The highest BCUT2D eigenvalue weighted by Crippen LogP contribution is 2.20.